The Kier molecular flexibility index (Phi) is 4.19. The molecule has 3 nitrogen and oxygen atoms in total. The Morgan fingerprint density at radius 3 is 2.39 bits per heavy atom. The quantitative estimate of drug-likeness (QED) is 0.621. The average molecular weight is 274 g/mol. The molecule has 0 fully saturated rings. The van der Waals surface area contributed by atoms with E-state index in [9.17, 15) is 4.79 Å². The van der Waals surface area contributed by atoms with Crippen LogP contribution in [0.4, 0.5) is 0 Å². The molecule has 18 heavy (non-hydrogen) atoms. The zero-order valence-electron chi connectivity index (χ0n) is 12.4. The van der Waals surface area contributed by atoms with Crippen molar-refractivity contribution in [1.29, 1.82) is 0 Å². The van der Waals surface area contributed by atoms with Crippen LogP contribution in [0.15, 0.2) is 11.8 Å². The summed E-state index contributed by atoms with van der Waals surface area (Å²) in [6.45, 7) is 6.75. The summed E-state index contributed by atoms with van der Waals surface area (Å²) in [6.07, 6.45) is 4.21. The molecule has 1 aliphatic carbocycles. The van der Waals surface area contributed by atoms with Crippen LogP contribution in [-0.4, -0.2) is 43.0 Å². The van der Waals surface area contributed by atoms with Gasteiger partial charge in [-0.2, -0.15) is 0 Å². The molecule has 0 saturated carbocycles. The Hall–Kier alpha value is -0.540. The maximum Gasteiger partial charge on any atom is 0.239 e. The maximum absolute atomic E-state index is 11.5. The number of hydrogen-bond donors (Lipinski definition) is 1. The Bertz CT molecular complexity index is 368. The maximum atomic E-state index is 11.5. The summed E-state index contributed by atoms with van der Waals surface area (Å²) < 4.78 is 0.844. The first-order chi connectivity index (χ1) is 7.99. The number of allylic oxidation sites excluding steroid dienone is 1. The molecule has 0 aromatic heterocycles. The number of alkyl halides is 1. The van der Waals surface area contributed by atoms with E-state index < -0.39 is 0 Å². The van der Waals surface area contributed by atoms with E-state index in [2.05, 4.69) is 53.3 Å². The van der Waals surface area contributed by atoms with Gasteiger partial charge >= 0.3 is 0 Å². The lowest BCUT2D eigenvalue weighted by molar-refractivity contribution is -0.915. The van der Waals surface area contributed by atoms with Crippen LogP contribution in [0.2, 0.25) is 0 Å². The molecule has 4 heteroatoms. The SMILES string of the molecule is CC1(C)CC(NC(=O)CCl)=CC(C)([N+](C)(C)C)C1. The summed E-state index contributed by atoms with van der Waals surface area (Å²) in [7, 11) is 6.58. The highest BCUT2D eigenvalue weighted by Gasteiger charge is 2.45. The van der Waals surface area contributed by atoms with Crippen LogP contribution < -0.4 is 5.32 Å². The number of nitrogens with one attached hydrogen (secondary N) is 1. The number of carbonyl (C=O) groups excluding carboxylic acids is 1. The van der Waals surface area contributed by atoms with E-state index in [1.165, 1.54) is 0 Å². The molecular weight excluding hydrogens is 248 g/mol. The molecule has 1 rings (SSSR count). The van der Waals surface area contributed by atoms with Crippen LogP contribution in [0.3, 0.4) is 0 Å². The number of likely N-dealkylation sites (N-methyl/N-ethyl adjacent to an activating group) is 1. The smallest absolute Gasteiger partial charge is 0.239 e. The van der Waals surface area contributed by atoms with Crippen molar-refractivity contribution in [1.82, 2.24) is 5.32 Å². The molecule has 0 aliphatic heterocycles. The van der Waals surface area contributed by atoms with Gasteiger partial charge in [0.2, 0.25) is 5.91 Å². The molecule has 0 aromatic rings. The number of carbonyl (C=O) groups is 1. The molecule has 1 atom stereocenters. The molecule has 104 valence electrons. The summed E-state index contributed by atoms with van der Waals surface area (Å²) >= 11 is 5.56. The Morgan fingerprint density at radius 1 is 1.39 bits per heavy atom. The van der Waals surface area contributed by atoms with Crippen LogP contribution in [0.25, 0.3) is 0 Å². The second-order valence-electron chi connectivity index (χ2n) is 7.24. The first kappa shape index (κ1) is 15.5. The van der Waals surface area contributed by atoms with E-state index >= 15 is 0 Å². The van der Waals surface area contributed by atoms with Crippen molar-refractivity contribution in [3.05, 3.63) is 11.8 Å². The van der Waals surface area contributed by atoms with Gasteiger partial charge in [-0.3, -0.25) is 4.79 Å². The van der Waals surface area contributed by atoms with E-state index in [1.807, 2.05) is 0 Å². The molecular formula is C14H26ClN2O+. The highest BCUT2D eigenvalue weighted by atomic mass is 35.5. The van der Waals surface area contributed by atoms with Gasteiger partial charge in [-0.1, -0.05) is 13.8 Å². The summed E-state index contributed by atoms with van der Waals surface area (Å²) in [4.78, 5) is 11.5. The lowest BCUT2D eigenvalue weighted by atomic mass is 9.70. The average Bonchev–Trinajstić information content (AvgIpc) is 2.12. The first-order valence-corrected chi connectivity index (χ1v) is 6.92. The minimum Gasteiger partial charge on any atom is -0.329 e. The van der Waals surface area contributed by atoms with Gasteiger partial charge in [0.1, 0.15) is 11.4 Å². The number of amides is 1. The van der Waals surface area contributed by atoms with Crippen LogP contribution in [0.5, 0.6) is 0 Å². The van der Waals surface area contributed by atoms with Crippen molar-refractivity contribution in [2.45, 2.75) is 39.2 Å². The fourth-order valence-electron chi connectivity index (χ4n) is 2.75. The predicted octanol–water partition coefficient (Wildman–Crippen LogP) is 2.51. The summed E-state index contributed by atoms with van der Waals surface area (Å²) in [5.41, 5.74) is 1.22. The molecule has 0 bridgehead atoms. The molecule has 1 unspecified atom stereocenters. The van der Waals surface area contributed by atoms with Crippen LogP contribution in [-0.2, 0) is 4.79 Å². The predicted molar refractivity (Wildman–Crippen MR) is 76.4 cm³/mol. The zero-order valence-corrected chi connectivity index (χ0v) is 13.2. The van der Waals surface area contributed by atoms with Gasteiger partial charge in [-0.15, -0.1) is 11.6 Å². The third kappa shape index (κ3) is 3.48. The third-order valence-corrected chi connectivity index (χ3v) is 4.19. The van der Waals surface area contributed by atoms with Crippen molar-refractivity contribution < 1.29 is 9.28 Å². The standard InChI is InChI=1S/C14H25ClN2O/c1-13(2)7-11(16-12(18)9-15)8-14(3,10-13)17(4,5)6/h8H,7,9-10H2,1-6H3/p+1. The van der Waals surface area contributed by atoms with Gasteiger partial charge in [0.05, 0.1) is 21.1 Å². The molecule has 0 spiro atoms. The van der Waals surface area contributed by atoms with E-state index in [4.69, 9.17) is 11.6 Å². The van der Waals surface area contributed by atoms with Crippen LogP contribution in [0.1, 0.15) is 33.6 Å². The summed E-state index contributed by atoms with van der Waals surface area (Å²) in [6, 6.07) is 0. The largest absolute Gasteiger partial charge is 0.329 e. The van der Waals surface area contributed by atoms with Gasteiger partial charge in [0.15, 0.2) is 0 Å². The minimum atomic E-state index is -0.121. The fraction of sp³-hybridized carbons (Fsp3) is 0.786. The highest BCUT2D eigenvalue weighted by molar-refractivity contribution is 6.27. The van der Waals surface area contributed by atoms with Crippen LogP contribution in [0, 0.1) is 5.41 Å². The van der Waals surface area contributed by atoms with Crippen molar-refractivity contribution in [3.63, 3.8) is 0 Å². The lowest BCUT2D eigenvalue weighted by Gasteiger charge is -2.49. The summed E-state index contributed by atoms with van der Waals surface area (Å²) in [5, 5.41) is 2.93. The van der Waals surface area contributed by atoms with Gasteiger partial charge in [0.25, 0.3) is 0 Å². The Morgan fingerprint density at radius 2 is 1.94 bits per heavy atom. The summed E-state index contributed by atoms with van der Waals surface area (Å²) in [5.74, 6) is -0.108. The molecule has 0 heterocycles. The molecule has 1 aliphatic rings. The molecule has 0 aromatic carbocycles. The number of rotatable bonds is 3. The first-order valence-electron chi connectivity index (χ1n) is 6.38. The van der Waals surface area contributed by atoms with Crippen LogP contribution >= 0.6 is 11.6 Å². The number of halogens is 1. The third-order valence-electron chi connectivity index (χ3n) is 3.94. The van der Waals surface area contributed by atoms with Crippen molar-refractivity contribution in [2.24, 2.45) is 5.41 Å². The highest BCUT2D eigenvalue weighted by Crippen LogP contribution is 2.43. The van der Waals surface area contributed by atoms with Gasteiger partial charge < -0.3 is 9.80 Å². The van der Waals surface area contributed by atoms with E-state index in [-0.39, 0.29) is 22.7 Å². The van der Waals surface area contributed by atoms with Crippen molar-refractivity contribution in [2.75, 3.05) is 27.0 Å². The number of quaternary nitrogens is 1. The van der Waals surface area contributed by atoms with Gasteiger partial charge in [-0.05, 0) is 24.8 Å². The topological polar surface area (TPSA) is 29.1 Å². The Balaban J connectivity index is 3.07. The van der Waals surface area contributed by atoms with Gasteiger partial charge in [0, 0.05) is 12.1 Å². The molecule has 1 N–H and O–H groups in total. The lowest BCUT2D eigenvalue weighted by Crippen LogP contribution is -2.57. The zero-order chi connectivity index (χ0) is 14.2. The number of hydrogen-bond acceptors (Lipinski definition) is 1. The number of nitrogens with zero attached hydrogens (tertiary/aromatic N) is 1. The van der Waals surface area contributed by atoms with E-state index in [0.29, 0.717) is 0 Å². The molecule has 1 amide bonds. The van der Waals surface area contributed by atoms with E-state index in [0.717, 1.165) is 23.0 Å². The Labute approximate surface area is 116 Å². The minimum absolute atomic E-state index is 0.0128. The monoisotopic (exact) mass is 273 g/mol. The second kappa shape index (κ2) is 4.86. The fourth-order valence-corrected chi connectivity index (χ4v) is 2.81. The van der Waals surface area contributed by atoms with Crippen molar-refractivity contribution >= 4 is 17.5 Å². The second-order valence-corrected chi connectivity index (χ2v) is 7.51. The molecule has 0 saturated heterocycles. The van der Waals surface area contributed by atoms with Crippen molar-refractivity contribution in [3.8, 4) is 0 Å². The normalized spacial score (nSPS) is 27.6. The molecule has 0 radical (unpaired) electrons. The van der Waals surface area contributed by atoms with E-state index in [1.54, 1.807) is 0 Å². The van der Waals surface area contributed by atoms with Gasteiger partial charge in [-0.25, -0.2) is 0 Å².